The highest BCUT2D eigenvalue weighted by Crippen LogP contribution is 2.29. The van der Waals surface area contributed by atoms with Crippen LogP contribution in [0.2, 0.25) is 10.0 Å². The Bertz CT molecular complexity index is 809. The number of rotatable bonds is 4. The molecular weight excluding hydrogens is 369 g/mol. The van der Waals surface area contributed by atoms with E-state index in [1.54, 1.807) is 6.07 Å². The smallest absolute Gasteiger partial charge is 0.164 e. The van der Waals surface area contributed by atoms with Gasteiger partial charge in [-0.3, -0.25) is 9.69 Å². The van der Waals surface area contributed by atoms with Crippen LogP contribution < -0.4 is 4.90 Å². The van der Waals surface area contributed by atoms with Crippen molar-refractivity contribution in [3.8, 4) is 0 Å². The van der Waals surface area contributed by atoms with Crippen molar-refractivity contribution >= 4 is 34.7 Å². The van der Waals surface area contributed by atoms with E-state index in [0.29, 0.717) is 17.2 Å². The van der Waals surface area contributed by atoms with Gasteiger partial charge in [-0.2, -0.15) is 0 Å². The highest BCUT2D eigenvalue weighted by molar-refractivity contribution is 6.36. The molecule has 1 aromatic carbocycles. The summed E-state index contributed by atoms with van der Waals surface area (Å²) in [4.78, 5) is 16.8. The summed E-state index contributed by atoms with van der Waals surface area (Å²) in [5.41, 5.74) is 3.24. The number of piperazine rings is 1. The lowest BCUT2D eigenvalue weighted by molar-refractivity contribution is 0.0971. The molecule has 1 saturated heterocycles. The number of ketones is 1. The minimum atomic E-state index is 0.304. The van der Waals surface area contributed by atoms with E-state index in [9.17, 15) is 4.79 Å². The number of hydrogen-bond donors (Lipinski definition) is 0. The molecular formula is C20H23Cl2N3O. The summed E-state index contributed by atoms with van der Waals surface area (Å²) >= 11 is 12.3. The van der Waals surface area contributed by atoms with E-state index in [1.807, 2.05) is 18.2 Å². The molecule has 0 spiro atoms. The van der Waals surface area contributed by atoms with E-state index >= 15 is 0 Å². The van der Waals surface area contributed by atoms with E-state index in [1.165, 1.54) is 5.69 Å². The van der Waals surface area contributed by atoms with Gasteiger partial charge >= 0.3 is 0 Å². The Balaban J connectivity index is 1.33. The van der Waals surface area contributed by atoms with Crippen LogP contribution >= 0.6 is 23.2 Å². The number of carbonyl (C=O) groups excluding carboxylic acids is 1. The van der Waals surface area contributed by atoms with Gasteiger partial charge in [0.15, 0.2) is 5.78 Å². The van der Waals surface area contributed by atoms with Crippen molar-refractivity contribution in [2.75, 3.05) is 37.6 Å². The maximum atomic E-state index is 12.0. The van der Waals surface area contributed by atoms with Crippen LogP contribution in [0.1, 0.15) is 28.9 Å². The van der Waals surface area contributed by atoms with Crippen LogP contribution in [0.3, 0.4) is 0 Å². The molecule has 0 amide bonds. The molecule has 0 atom stereocenters. The molecule has 2 heterocycles. The average molecular weight is 392 g/mol. The largest absolute Gasteiger partial charge is 0.368 e. The van der Waals surface area contributed by atoms with Crippen LogP contribution in [0, 0.1) is 0 Å². The summed E-state index contributed by atoms with van der Waals surface area (Å²) in [6.07, 6.45) is 4.79. The first-order valence-electron chi connectivity index (χ1n) is 9.25. The Morgan fingerprint density at radius 2 is 1.77 bits per heavy atom. The molecule has 1 aliphatic heterocycles. The molecule has 0 unspecified atom stereocenters. The van der Waals surface area contributed by atoms with Crippen LogP contribution in [0.4, 0.5) is 5.69 Å². The highest BCUT2D eigenvalue weighted by Gasteiger charge is 2.22. The molecule has 0 radical (unpaired) electrons. The van der Waals surface area contributed by atoms with E-state index < -0.39 is 0 Å². The second kappa shape index (κ2) is 7.63. The van der Waals surface area contributed by atoms with Gasteiger partial charge in [-0.1, -0.05) is 23.2 Å². The summed E-state index contributed by atoms with van der Waals surface area (Å²) in [6, 6.07) is 7.70. The van der Waals surface area contributed by atoms with Crippen LogP contribution in [0.5, 0.6) is 0 Å². The molecule has 1 aliphatic carbocycles. The Morgan fingerprint density at radius 3 is 2.54 bits per heavy atom. The van der Waals surface area contributed by atoms with Crippen molar-refractivity contribution in [2.45, 2.75) is 25.8 Å². The molecule has 26 heavy (non-hydrogen) atoms. The first-order valence-corrected chi connectivity index (χ1v) is 10.0. The van der Waals surface area contributed by atoms with Crippen molar-refractivity contribution in [1.82, 2.24) is 9.47 Å². The maximum absolute atomic E-state index is 12.0. The monoisotopic (exact) mass is 391 g/mol. The van der Waals surface area contributed by atoms with Crippen molar-refractivity contribution < 1.29 is 4.79 Å². The molecule has 138 valence electrons. The van der Waals surface area contributed by atoms with Gasteiger partial charge in [-0.25, -0.2) is 0 Å². The number of hydrogen-bond acceptors (Lipinski definition) is 3. The van der Waals surface area contributed by atoms with Crippen LogP contribution in [-0.2, 0) is 13.0 Å². The molecule has 0 saturated carbocycles. The fraction of sp³-hybridized carbons (Fsp3) is 0.450. The minimum absolute atomic E-state index is 0.304. The second-order valence-corrected chi connectivity index (χ2v) is 7.91. The van der Waals surface area contributed by atoms with Crippen molar-refractivity contribution in [1.29, 1.82) is 0 Å². The zero-order valence-electron chi connectivity index (χ0n) is 14.8. The van der Waals surface area contributed by atoms with Crippen molar-refractivity contribution in [3.05, 3.63) is 51.8 Å². The molecule has 4 nitrogen and oxygen atoms in total. The summed E-state index contributed by atoms with van der Waals surface area (Å²) < 4.78 is 2.27. The lowest BCUT2D eigenvalue weighted by Gasteiger charge is -2.36. The third kappa shape index (κ3) is 3.64. The van der Waals surface area contributed by atoms with Gasteiger partial charge in [-0.15, -0.1) is 0 Å². The molecule has 1 fully saturated rings. The van der Waals surface area contributed by atoms with Gasteiger partial charge in [0.2, 0.25) is 0 Å². The molecule has 1 aromatic heterocycles. The molecule has 6 heteroatoms. The highest BCUT2D eigenvalue weighted by atomic mass is 35.5. The van der Waals surface area contributed by atoms with Crippen molar-refractivity contribution in [2.24, 2.45) is 0 Å². The van der Waals surface area contributed by atoms with Gasteiger partial charge in [-0.05, 0) is 37.1 Å². The van der Waals surface area contributed by atoms with Gasteiger partial charge < -0.3 is 9.47 Å². The van der Waals surface area contributed by atoms with Crippen molar-refractivity contribution in [3.63, 3.8) is 0 Å². The lowest BCUT2D eigenvalue weighted by atomic mass is 9.97. The number of fused-ring (bicyclic) bond motifs is 1. The molecule has 0 bridgehead atoms. The number of halogens is 2. The second-order valence-electron chi connectivity index (χ2n) is 7.07. The van der Waals surface area contributed by atoms with Gasteiger partial charge in [0, 0.05) is 68.2 Å². The summed E-state index contributed by atoms with van der Waals surface area (Å²) in [5, 5.41) is 1.39. The first kappa shape index (κ1) is 17.9. The number of anilines is 1. The molecule has 2 aliphatic rings. The summed E-state index contributed by atoms with van der Waals surface area (Å²) in [6.45, 7) is 5.91. The summed E-state index contributed by atoms with van der Waals surface area (Å²) in [7, 11) is 0. The Hall–Kier alpha value is -1.49. The Kier molecular flexibility index (Phi) is 5.25. The molecule has 0 N–H and O–H groups in total. The predicted molar refractivity (Wildman–Crippen MR) is 107 cm³/mol. The van der Waals surface area contributed by atoms with Crippen LogP contribution in [-0.4, -0.2) is 48.0 Å². The SMILES string of the molecule is O=C1CCCc2c1ccn2CCN1CCN(c2ccc(Cl)cc2Cl)CC1. The number of nitrogens with zero attached hydrogens (tertiary/aromatic N) is 3. The number of benzene rings is 1. The number of carbonyl (C=O) groups is 1. The van der Waals surface area contributed by atoms with Gasteiger partial charge in [0.25, 0.3) is 0 Å². The fourth-order valence-corrected chi connectivity index (χ4v) is 4.53. The predicted octanol–water partition coefficient (Wildman–Crippen LogP) is 4.14. The molecule has 2 aromatic rings. The van der Waals surface area contributed by atoms with E-state index in [2.05, 4.69) is 20.6 Å². The van der Waals surface area contributed by atoms with Gasteiger partial charge in [0.05, 0.1) is 10.7 Å². The van der Waals surface area contributed by atoms with E-state index in [-0.39, 0.29) is 0 Å². The maximum Gasteiger partial charge on any atom is 0.164 e. The zero-order chi connectivity index (χ0) is 18.1. The number of aromatic nitrogens is 1. The number of Topliss-reactive ketones (excluding diaryl/α,β-unsaturated/α-hetero) is 1. The standard InChI is InChI=1S/C20H23Cl2N3O/c21-15-4-5-19(17(22)14-15)25-12-9-23(10-13-25)8-11-24-7-6-16-18(24)2-1-3-20(16)26/h4-7,14H,1-3,8-13H2. The normalized spacial score (nSPS) is 18.2. The lowest BCUT2D eigenvalue weighted by Crippen LogP contribution is -2.47. The Labute approximate surface area is 164 Å². The topological polar surface area (TPSA) is 28.5 Å². The Morgan fingerprint density at radius 1 is 0.962 bits per heavy atom. The zero-order valence-corrected chi connectivity index (χ0v) is 16.3. The van der Waals surface area contributed by atoms with E-state index in [0.717, 1.165) is 68.4 Å². The first-order chi connectivity index (χ1) is 12.6. The third-order valence-corrected chi connectivity index (χ3v) is 6.01. The van der Waals surface area contributed by atoms with Crippen LogP contribution in [0.25, 0.3) is 0 Å². The van der Waals surface area contributed by atoms with Crippen LogP contribution in [0.15, 0.2) is 30.5 Å². The fourth-order valence-electron chi connectivity index (χ4n) is 4.00. The average Bonchev–Trinajstić information content (AvgIpc) is 3.05. The summed E-state index contributed by atoms with van der Waals surface area (Å²) in [5.74, 6) is 0.304. The quantitative estimate of drug-likeness (QED) is 0.783. The molecule has 4 rings (SSSR count). The van der Waals surface area contributed by atoms with Gasteiger partial charge in [0.1, 0.15) is 0 Å². The third-order valence-electron chi connectivity index (χ3n) is 5.48. The minimum Gasteiger partial charge on any atom is -0.368 e. The van der Waals surface area contributed by atoms with E-state index in [4.69, 9.17) is 23.2 Å².